The number of carbonyl (C=O) groups is 1. The lowest BCUT2D eigenvalue weighted by atomic mass is 10.0. The summed E-state index contributed by atoms with van der Waals surface area (Å²) in [6, 6.07) is 25.1. The molecule has 36 heavy (non-hydrogen) atoms. The Kier molecular flexibility index (Phi) is 6.54. The summed E-state index contributed by atoms with van der Waals surface area (Å²) < 4.78 is 5.28. The molecule has 0 unspecified atom stereocenters. The number of nitrogens with zero attached hydrogens (tertiary/aromatic N) is 4. The van der Waals surface area contributed by atoms with Crippen molar-refractivity contribution in [2.75, 3.05) is 22.2 Å². The van der Waals surface area contributed by atoms with Crippen molar-refractivity contribution in [1.29, 1.82) is 0 Å². The number of nitrogens with one attached hydrogen (secondary N) is 1. The van der Waals surface area contributed by atoms with E-state index in [2.05, 4.69) is 30.2 Å². The minimum Gasteiger partial charge on any atom is -0.497 e. The average Bonchev–Trinajstić information content (AvgIpc) is 2.90. The maximum atomic E-state index is 13.8. The molecule has 0 fully saturated rings. The average molecular weight is 480 g/mol. The second-order valence-electron chi connectivity index (χ2n) is 9.16. The van der Waals surface area contributed by atoms with Crippen molar-refractivity contribution in [2.45, 2.75) is 26.8 Å². The molecule has 0 aliphatic carbocycles. The van der Waals surface area contributed by atoms with Gasteiger partial charge in [0.1, 0.15) is 5.75 Å². The minimum atomic E-state index is -0.177. The number of ether oxygens (including phenoxy) is 1. The van der Waals surface area contributed by atoms with Crippen molar-refractivity contribution in [3.8, 4) is 5.75 Å². The number of aromatic nitrogens is 2. The van der Waals surface area contributed by atoms with Crippen LogP contribution in [0.5, 0.6) is 5.75 Å². The number of carbonyl (C=O) groups excluding carboxylic acids is 1. The van der Waals surface area contributed by atoms with Gasteiger partial charge in [0.15, 0.2) is 5.82 Å². The van der Waals surface area contributed by atoms with Crippen LogP contribution in [-0.2, 0) is 13.0 Å². The van der Waals surface area contributed by atoms with Crippen molar-refractivity contribution in [1.82, 2.24) is 9.97 Å². The van der Waals surface area contributed by atoms with E-state index in [9.17, 15) is 4.79 Å². The lowest BCUT2D eigenvalue weighted by Crippen LogP contribution is -2.45. The maximum Gasteiger partial charge on any atom is 0.335 e. The van der Waals surface area contributed by atoms with Gasteiger partial charge in [0.2, 0.25) is 5.95 Å². The maximum absolute atomic E-state index is 13.8. The summed E-state index contributed by atoms with van der Waals surface area (Å²) in [7, 11) is 1.62. The highest BCUT2D eigenvalue weighted by Gasteiger charge is 2.34. The Balaban J connectivity index is 1.53. The van der Waals surface area contributed by atoms with E-state index in [0.717, 1.165) is 34.8 Å². The number of para-hydroxylation sites is 2. The number of fused-ring (bicyclic) bond motifs is 1. The molecular weight excluding hydrogens is 450 g/mol. The van der Waals surface area contributed by atoms with Crippen molar-refractivity contribution in [3.05, 3.63) is 96.2 Å². The van der Waals surface area contributed by atoms with E-state index in [0.29, 0.717) is 24.2 Å². The molecule has 0 saturated heterocycles. The summed E-state index contributed by atoms with van der Waals surface area (Å²) in [5.74, 6) is 2.29. The Labute approximate surface area is 211 Å². The summed E-state index contributed by atoms with van der Waals surface area (Å²) in [6.07, 6.45) is 2.74. The number of benzene rings is 3. The zero-order chi connectivity index (χ0) is 25.1. The predicted molar refractivity (Wildman–Crippen MR) is 143 cm³/mol. The third kappa shape index (κ3) is 4.73. The first-order valence-corrected chi connectivity index (χ1v) is 12.0. The third-order valence-corrected chi connectivity index (χ3v) is 6.09. The number of methoxy groups -OCH3 is 1. The lowest BCUT2D eigenvalue weighted by Gasteiger charge is -2.36. The molecule has 5 rings (SSSR count). The van der Waals surface area contributed by atoms with Crippen molar-refractivity contribution in [3.63, 3.8) is 0 Å². The van der Waals surface area contributed by atoms with Crippen LogP contribution >= 0.6 is 0 Å². The fourth-order valence-corrected chi connectivity index (χ4v) is 4.37. The number of rotatable bonds is 7. The number of anilines is 5. The summed E-state index contributed by atoms with van der Waals surface area (Å²) in [5, 5.41) is 3.38. The summed E-state index contributed by atoms with van der Waals surface area (Å²) in [6.45, 7) is 4.77. The van der Waals surface area contributed by atoms with Crippen LogP contribution in [-0.4, -0.2) is 23.1 Å². The molecule has 0 spiro atoms. The molecule has 4 aromatic rings. The Morgan fingerprint density at radius 3 is 2.39 bits per heavy atom. The van der Waals surface area contributed by atoms with Crippen LogP contribution in [0.25, 0.3) is 0 Å². The number of amides is 2. The van der Waals surface area contributed by atoms with Crippen molar-refractivity contribution in [2.24, 2.45) is 5.92 Å². The molecule has 1 aliphatic rings. The largest absolute Gasteiger partial charge is 0.497 e. The molecular formula is C29H29N5O2. The zero-order valence-electron chi connectivity index (χ0n) is 20.7. The van der Waals surface area contributed by atoms with Gasteiger partial charge in [-0.2, -0.15) is 4.98 Å². The fraction of sp³-hybridized carbons (Fsp3) is 0.207. The van der Waals surface area contributed by atoms with Gasteiger partial charge in [0.25, 0.3) is 0 Å². The lowest BCUT2D eigenvalue weighted by molar-refractivity contribution is 0.252. The first-order chi connectivity index (χ1) is 17.5. The summed E-state index contributed by atoms with van der Waals surface area (Å²) in [5.41, 5.74) is 4.55. The van der Waals surface area contributed by atoms with E-state index < -0.39 is 0 Å². The first-order valence-electron chi connectivity index (χ1n) is 12.0. The second kappa shape index (κ2) is 10.1. The van der Waals surface area contributed by atoms with Crippen LogP contribution < -0.4 is 19.9 Å². The van der Waals surface area contributed by atoms with Crippen LogP contribution in [0, 0.1) is 5.92 Å². The smallest absolute Gasteiger partial charge is 0.335 e. The van der Waals surface area contributed by atoms with Crippen molar-refractivity contribution < 1.29 is 9.53 Å². The van der Waals surface area contributed by atoms with Gasteiger partial charge in [-0.15, -0.1) is 0 Å². The van der Waals surface area contributed by atoms with E-state index in [-0.39, 0.29) is 6.03 Å². The second-order valence-corrected chi connectivity index (χ2v) is 9.16. The van der Waals surface area contributed by atoms with Gasteiger partial charge in [0.05, 0.1) is 19.3 Å². The van der Waals surface area contributed by atoms with Gasteiger partial charge in [-0.05, 0) is 60.4 Å². The number of hydrogen-bond acceptors (Lipinski definition) is 5. The molecule has 2 heterocycles. The molecule has 0 radical (unpaired) electrons. The third-order valence-electron chi connectivity index (χ3n) is 6.09. The minimum absolute atomic E-state index is 0.177. The predicted octanol–water partition coefficient (Wildman–Crippen LogP) is 6.71. The molecule has 0 saturated carbocycles. The van der Waals surface area contributed by atoms with E-state index in [1.807, 2.05) is 72.8 Å². The quantitative estimate of drug-likeness (QED) is 0.319. The summed E-state index contributed by atoms with van der Waals surface area (Å²) >= 11 is 0. The molecule has 3 aromatic carbocycles. The SMILES string of the molecule is COc1ccc(N2Cc3cnc(Nc4ccccc4CC(C)C)nc3N(c3ccccc3)C2=O)cc1. The molecule has 1 aliphatic heterocycles. The van der Waals surface area contributed by atoms with Gasteiger partial charge in [0, 0.05) is 23.1 Å². The van der Waals surface area contributed by atoms with Crippen molar-refractivity contribution >= 4 is 34.9 Å². The van der Waals surface area contributed by atoms with Gasteiger partial charge >= 0.3 is 6.03 Å². The molecule has 7 heteroatoms. The van der Waals surface area contributed by atoms with E-state index in [1.165, 1.54) is 5.56 Å². The Morgan fingerprint density at radius 2 is 1.67 bits per heavy atom. The molecule has 182 valence electrons. The van der Waals surface area contributed by atoms with Crippen LogP contribution in [0.1, 0.15) is 25.0 Å². The van der Waals surface area contributed by atoms with E-state index in [4.69, 9.17) is 9.72 Å². The highest BCUT2D eigenvalue weighted by Crippen LogP contribution is 2.36. The molecule has 1 aromatic heterocycles. The molecule has 0 bridgehead atoms. The van der Waals surface area contributed by atoms with Gasteiger partial charge in [-0.25, -0.2) is 14.7 Å². The number of urea groups is 1. The normalized spacial score (nSPS) is 13.1. The number of hydrogen-bond donors (Lipinski definition) is 1. The Morgan fingerprint density at radius 1 is 0.944 bits per heavy atom. The van der Waals surface area contributed by atoms with E-state index in [1.54, 1.807) is 23.1 Å². The topological polar surface area (TPSA) is 70.6 Å². The van der Waals surface area contributed by atoms with Gasteiger partial charge in [-0.1, -0.05) is 50.2 Å². The highest BCUT2D eigenvalue weighted by molar-refractivity contribution is 6.10. The molecule has 1 N–H and O–H groups in total. The van der Waals surface area contributed by atoms with Crippen LogP contribution in [0.3, 0.4) is 0 Å². The molecule has 0 atom stereocenters. The standard InChI is InChI=1S/C29H29N5O2/c1-20(2)17-21-9-7-8-12-26(21)31-28-30-18-22-19-33(23-13-15-25(36-3)16-14-23)29(35)34(27(22)32-28)24-10-5-4-6-11-24/h4-16,18,20H,17,19H2,1-3H3,(H,30,31,32). The monoisotopic (exact) mass is 479 g/mol. The molecule has 2 amide bonds. The highest BCUT2D eigenvalue weighted by atomic mass is 16.5. The van der Waals surface area contributed by atoms with Crippen LogP contribution in [0.2, 0.25) is 0 Å². The fourth-order valence-electron chi connectivity index (χ4n) is 4.37. The summed E-state index contributed by atoms with van der Waals surface area (Å²) in [4.78, 5) is 26.6. The Hall–Kier alpha value is -4.39. The van der Waals surface area contributed by atoms with Gasteiger partial charge in [-0.3, -0.25) is 4.90 Å². The van der Waals surface area contributed by atoms with Crippen LogP contribution in [0.15, 0.2) is 85.1 Å². The zero-order valence-corrected chi connectivity index (χ0v) is 20.7. The first kappa shape index (κ1) is 23.4. The van der Waals surface area contributed by atoms with Crippen LogP contribution in [0.4, 0.5) is 33.6 Å². The Bertz CT molecular complexity index is 1360. The molecule has 7 nitrogen and oxygen atoms in total. The van der Waals surface area contributed by atoms with E-state index >= 15 is 0 Å². The van der Waals surface area contributed by atoms with Gasteiger partial charge < -0.3 is 10.1 Å².